The van der Waals surface area contributed by atoms with Gasteiger partial charge in [-0.3, -0.25) is 4.79 Å². The van der Waals surface area contributed by atoms with Gasteiger partial charge >= 0.3 is 0 Å². The van der Waals surface area contributed by atoms with Crippen molar-refractivity contribution in [2.24, 2.45) is 0 Å². The fourth-order valence-electron chi connectivity index (χ4n) is 1.65. The molecule has 0 aromatic heterocycles. The molecule has 0 saturated carbocycles. The molecule has 0 spiro atoms. The molecule has 1 rings (SSSR count). The molecule has 3 N–H and O–H groups in total. The Labute approximate surface area is 85.1 Å². The fraction of sp³-hybridized carbons (Fsp3) is 0.900. The molecule has 0 aromatic carbocycles. The van der Waals surface area contributed by atoms with Crippen molar-refractivity contribution in [3.05, 3.63) is 0 Å². The van der Waals surface area contributed by atoms with Gasteiger partial charge in [-0.15, -0.1) is 0 Å². The summed E-state index contributed by atoms with van der Waals surface area (Å²) in [5.74, 6) is 0.0330. The molecule has 0 bridgehead atoms. The summed E-state index contributed by atoms with van der Waals surface area (Å²) in [5, 5.41) is 15.0. The molecular weight excluding hydrogens is 180 g/mol. The number of carbonyl (C=O) groups excluding carboxylic acids is 1. The molecular formula is C10H20N2O2. The van der Waals surface area contributed by atoms with Crippen LogP contribution in [0.2, 0.25) is 0 Å². The van der Waals surface area contributed by atoms with Crippen LogP contribution in [-0.4, -0.2) is 36.2 Å². The average Bonchev–Trinajstić information content (AvgIpc) is 2.26. The predicted octanol–water partition coefficient (Wildman–Crippen LogP) is 0.0156. The van der Waals surface area contributed by atoms with Gasteiger partial charge in [0.15, 0.2) is 0 Å². The lowest BCUT2D eigenvalue weighted by Gasteiger charge is -2.24. The van der Waals surface area contributed by atoms with Crippen molar-refractivity contribution in [3.63, 3.8) is 0 Å². The Morgan fingerprint density at radius 2 is 2.43 bits per heavy atom. The minimum absolute atomic E-state index is 0.0228. The van der Waals surface area contributed by atoms with Crippen LogP contribution in [0.3, 0.4) is 0 Å². The van der Waals surface area contributed by atoms with E-state index in [1.54, 1.807) is 0 Å². The highest BCUT2D eigenvalue weighted by atomic mass is 16.3. The third-order valence-corrected chi connectivity index (χ3v) is 2.69. The van der Waals surface area contributed by atoms with Gasteiger partial charge in [-0.1, -0.05) is 13.3 Å². The van der Waals surface area contributed by atoms with E-state index in [9.17, 15) is 4.79 Å². The quantitative estimate of drug-likeness (QED) is 0.599. The molecule has 4 heteroatoms. The van der Waals surface area contributed by atoms with E-state index in [0.29, 0.717) is 0 Å². The molecule has 1 saturated heterocycles. The van der Waals surface area contributed by atoms with Crippen LogP contribution in [0, 0.1) is 0 Å². The first-order valence-electron chi connectivity index (χ1n) is 5.42. The molecule has 1 fully saturated rings. The highest BCUT2D eigenvalue weighted by Gasteiger charge is 2.21. The van der Waals surface area contributed by atoms with E-state index in [-0.39, 0.29) is 24.6 Å². The summed E-state index contributed by atoms with van der Waals surface area (Å²) in [5.41, 5.74) is 0. The van der Waals surface area contributed by atoms with Crippen LogP contribution >= 0.6 is 0 Å². The zero-order valence-electron chi connectivity index (χ0n) is 8.75. The molecule has 1 unspecified atom stereocenters. The van der Waals surface area contributed by atoms with Crippen molar-refractivity contribution in [3.8, 4) is 0 Å². The maximum Gasteiger partial charge on any atom is 0.237 e. The van der Waals surface area contributed by atoms with E-state index in [1.165, 1.54) is 0 Å². The first kappa shape index (κ1) is 11.5. The molecule has 0 radical (unpaired) electrons. The number of amides is 1. The molecule has 0 aliphatic carbocycles. The lowest BCUT2D eigenvalue weighted by Crippen LogP contribution is -2.50. The summed E-state index contributed by atoms with van der Waals surface area (Å²) >= 11 is 0. The summed E-state index contributed by atoms with van der Waals surface area (Å²) in [6.07, 6.45) is 3.95. The SMILES string of the molecule is CCC(CO)NC(=O)[C@H]1CCCCN1. The first-order chi connectivity index (χ1) is 6.77. The summed E-state index contributed by atoms with van der Waals surface area (Å²) in [6.45, 7) is 2.90. The molecule has 2 atom stereocenters. The third kappa shape index (κ3) is 3.27. The number of aliphatic hydroxyl groups is 1. The molecule has 1 aliphatic heterocycles. The van der Waals surface area contributed by atoms with Gasteiger partial charge in [-0.25, -0.2) is 0 Å². The second-order valence-corrected chi connectivity index (χ2v) is 3.80. The zero-order chi connectivity index (χ0) is 10.4. The molecule has 4 nitrogen and oxygen atoms in total. The van der Waals surface area contributed by atoms with Crippen LogP contribution in [-0.2, 0) is 4.79 Å². The Kier molecular flexibility index (Phi) is 4.90. The second-order valence-electron chi connectivity index (χ2n) is 3.80. The largest absolute Gasteiger partial charge is 0.394 e. The van der Waals surface area contributed by atoms with Crippen LogP contribution in [0.1, 0.15) is 32.6 Å². The monoisotopic (exact) mass is 200 g/mol. The number of hydrogen-bond donors (Lipinski definition) is 3. The van der Waals surface area contributed by atoms with Gasteiger partial charge in [0.1, 0.15) is 0 Å². The van der Waals surface area contributed by atoms with Gasteiger partial charge in [0, 0.05) is 0 Å². The van der Waals surface area contributed by atoms with Crippen LogP contribution in [0.5, 0.6) is 0 Å². The van der Waals surface area contributed by atoms with Crippen LogP contribution in [0.15, 0.2) is 0 Å². The highest BCUT2D eigenvalue weighted by molar-refractivity contribution is 5.82. The summed E-state index contributed by atoms with van der Waals surface area (Å²) in [7, 11) is 0. The van der Waals surface area contributed by atoms with E-state index in [0.717, 1.165) is 32.2 Å². The van der Waals surface area contributed by atoms with E-state index in [1.807, 2.05) is 6.92 Å². The number of carbonyl (C=O) groups is 1. The predicted molar refractivity (Wildman–Crippen MR) is 54.9 cm³/mol. The van der Waals surface area contributed by atoms with Crippen LogP contribution < -0.4 is 10.6 Å². The molecule has 1 amide bonds. The van der Waals surface area contributed by atoms with Gasteiger partial charge in [-0.2, -0.15) is 0 Å². The average molecular weight is 200 g/mol. The van der Waals surface area contributed by atoms with Crippen molar-refractivity contribution in [1.82, 2.24) is 10.6 Å². The Balaban J connectivity index is 2.32. The second kappa shape index (κ2) is 5.98. The molecule has 1 heterocycles. The maximum atomic E-state index is 11.6. The van der Waals surface area contributed by atoms with E-state index in [2.05, 4.69) is 10.6 Å². The first-order valence-corrected chi connectivity index (χ1v) is 5.42. The molecule has 14 heavy (non-hydrogen) atoms. The minimum Gasteiger partial charge on any atom is -0.394 e. The van der Waals surface area contributed by atoms with Crippen molar-refractivity contribution in [1.29, 1.82) is 0 Å². The van der Waals surface area contributed by atoms with Crippen molar-refractivity contribution in [2.45, 2.75) is 44.7 Å². The summed E-state index contributed by atoms with van der Waals surface area (Å²) < 4.78 is 0. The van der Waals surface area contributed by atoms with E-state index in [4.69, 9.17) is 5.11 Å². The van der Waals surface area contributed by atoms with Gasteiger partial charge in [0.05, 0.1) is 18.7 Å². The topological polar surface area (TPSA) is 61.4 Å². The zero-order valence-corrected chi connectivity index (χ0v) is 8.75. The van der Waals surface area contributed by atoms with Gasteiger partial charge in [-0.05, 0) is 25.8 Å². The van der Waals surface area contributed by atoms with Crippen molar-refractivity contribution < 1.29 is 9.90 Å². The highest BCUT2D eigenvalue weighted by Crippen LogP contribution is 2.07. The van der Waals surface area contributed by atoms with Crippen molar-refractivity contribution in [2.75, 3.05) is 13.2 Å². The number of aliphatic hydroxyl groups excluding tert-OH is 1. The Morgan fingerprint density at radius 1 is 1.64 bits per heavy atom. The van der Waals surface area contributed by atoms with E-state index < -0.39 is 0 Å². The number of hydrogen-bond acceptors (Lipinski definition) is 3. The third-order valence-electron chi connectivity index (χ3n) is 2.69. The smallest absolute Gasteiger partial charge is 0.237 e. The maximum absolute atomic E-state index is 11.6. The molecule has 1 aliphatic rings. The summed E-state index contributed by atoms with van der Waals surface area (Å²) in [4.78, 5) is 11.6. The Morgan fingerprint density at radius 3 is 2.93 bits per heavy atom. The van der Waals surface area contributed by atoms with Gasteiger partial charge in [0.2, 0.25) is 5.91 Å². The minimum atomic E-state index is -0.0915. The van der Waals surface area contributed by atoms with E-state index >= 15 is 0 Å². The van der Waals surface area contributed by atoms with Gasteiger partial charge < -0.3 is 15.7 Å². The van der Waals surface area contributed by atoms with Gasteiger partial charge in [0.25, 0.3) is 0 Å². The lowest BCUT2D eigenvalue weighted by molar-refractivity contribution is -0.124. The standard InChI is InChI=1S/C10H20N2O2/c1-2-8(7-13)12-10(14)9-5-3-4-6-11-9/h8-9,11,13H,2-7H2,1H3,(H,12,14)/t8?,9-/m1/s1. The lowest BCUT2D eigenvalue weighted by atomic mass is 10.0. The fourth-order valence-corrected chi connectivity index (χ4v) is 1.65. The number of nitrogens with one attached hydrogen (secondary N) is 2. The molecule has 82 valence electrons. The number of rotatable bonds is 4. The molecule has 0 aromatic rings. The van der Waals surface area contributed by atoms with Crippen molar-refractivity contribution >= 4 is 5.91 Å². The Bertz CT molecular complexity index is 175. The van der Waals surface area contributed by atoms with Crippen LogP contribution in [0.25, 0.3) is 0 Å². The normalized spacial score (nSPS) is 24.3. The number of piperidine rings is 1. The summed E-state index contributed by atoms with van der Waals surface area (Å²) in [6, 6.07) is -0.143. The Hall–Kier alpha value is -0.610. The van der Waals surface area contributed by atoms with Crippen LogP contribution in [0.4, 0.5) is 0 Å².